The van der Waals surface area contributed by atoms with E-state index in [0.717, 1.165) is 60.9 Å². The van der Waals surface area contributed by atoms with E-state index in [0.29, 0.717) is 17.5 Å². The zero-order valence-corrected chi connectivity index (χ0v) is 32.1. The second-order valence-electron chi connectivity index (χ2n) is 15.6. The fraction of sp³-hybridized carbons (Fsp3) is 0.0556. The highest BCUT2D eigenvalue weighted by Crippen LogP contribution is 2.49. The Morgan fingerprint density at radius 3 is 1.57 bits per heavy atom. The minimum atomic E-state index is -0.0560. The van der Waals surface area contributed by atoms with E-state index >= 15 is 0 Å². The van der Waals surface area contributed by atoms with Gasteiger partial charge in [-0.25, -0.2) is 15.0 Å². The van der Waals surface area contributed by atoms with E-state index in [9.17, 15) is 0 Å². The summed E-state index contributed by atoms with van der Waals surface area (Å²) in [5.41, 5.74) is 16.6. The molecule has 0 bridgehead atoms. The maximum absolute atomic E-state index is 6.49. The molecule has 10 aromatic rings. The molecule has 0 unspecified atom stereocenters. The van der Waals surface area contributed by atoms with E-state index in [2.05, 4.69) is 159 Å². The Morgan fingerprint density at radius 2 is 0.845 bits per heavy atom. The van der Waals surface area contributed by atoms with Crippen LogP contribution >= 0.6 is 0 Å². The normalized spacial score (nSPS) is 12.8. The fourth-order valence-corrected chi connectivity index (χ4v) is 8.77. The Bertz CT molecular complexity index is 3200. The first-order valence-electron chi connectivity index (χ1n) is 19.8. The predicted molar refractivity (Wildman–Crippen MR) is 237 cm³/mol. The highest BCUT2D eigenvalue weighted by Gasteiger charge is 2.35. The van der Waals surface area contributed by atoms with Crippen LogP contribution in [0.15, 0.2) is 192 Å². The first kappa shape index (κ1) is 33.9. The van der Waals surface area contributed by atoms with Crippen molar-refractivity contribution in [1.29, 1.82) is 0 Å². The molecule has 2 heterocycles. The molecule has 1 aliphatic carbocycles. The molecule has 4 heteroatoms. The molecule has 0 fully saturated rings. The van der Waals surface area contributed by atoms with Gasteiger partial charge in [0.25, 0.3) is 0 Å². The number of hydrogen-bond acceptors (Lipinski definition) is 4. The van der Waals surface area contributed by atoms with Gasteiger partial charge in [0, 0.05) is 32.9 Å². The van der Waals surface area contributed by atoms with Crippen molar-refractivity contribution in [2.45, 2.75) is 19.3 Å². The highest BCUT2D eigenvalue weighted by atomic mass is 16.3. The Morgan fingerprint density at radius 1 is 0.345 bits per heavy atom. The molecule has 0 amide bonds. The molecule has 0 aliphatic heterocycles. The average molecular weight is 744 g/mol. The molecule has 0 spiro atoms. The lowest BCUT2D eigenvalue weighted by Gasteiger charge is -2.22. The van der Waals surface area contributed by atoms with Crippen LogP contribution in [0.2, 0.25) is 0 Å². The van der Waals surface area contributed by atoms with Crippen molar-refractivity contribution in [3.8, 4) is 78.7 Å². The molecule has 0 saturated carbocycles. The molecule has 0 radical (unpaired) electrons. The SMILES string of the molecule is CC1(C)c2ccccc2-c2ccc(-c3cccc(-c4cccc(-c5nc(-c6ccccc6)nc(-c6ccc7c(c6)oc6cccc(-c8ccccc8)c67)n5)c4)c3)cc21. The summed E-state index contributed by atoms with van der Waals surface area (Å²) in [6, 6.07) is 66.1. The zero-order chi connectivity index (χ0) is 38.8. The number of hydrogen-bond donors (Lipinski definition) is 0. The minimum Gasteiger partial charge on any atom is -0.456 e. The van der Waals surface area contributed by atoms with Crippen LogP contribution in [-0.4, -0.2) is 15.0 Å². The van der Waals surface area contributed by atoms with Crippen molar-refractivity contribution >= 4 is 21.9 Å². The molecule has 274 valence electrons. The van der Waals surface area contributed by atoms with Gasteiger partial charge in [-0.05, 0) is 92.0 Å². The molecule has 0 saturated heterocycles. The highest BCUT2D eigenvalue weighted by molar-refractivity contribution is 6.13. The molecule has 4 nitrogen and oxygen atoms in total. The van der Waals surface area contributed by atoms with Gasteiger partial charge in [-0.3, -0.25) is 0 Å². The second-order valence-corrected chi connectivity index (χ2v) is 15.6. The smallest absolute Gasteiger partial charge is 0.164 e. The summed E-state index contributed by atoms with van der Waals surface area (Å²) in [6.45, 7) is 4.66. The molecule has 8 aromatic carbocycles. The number of benzene rings is 8. The van der Waals surface area contributed by atoms with Crippen LogP contribution in [0.3, 0.4) is 0 Å². The Balaban J connectivity index is 0.983. The predicted octanol–water partition coefficient (Wildman–Crippen LogP) is 14.1. The summed E-state index contributed by atoms with van der Waals surface area (Å²) in [6.07, 6.45) is 0. The third-order valence-electron chi connectivity index (χ3n) is 11.7. The van der Waals surface area contributed by atoms with Crippen LogP contribution in [0.1, 0.15) is 25.0 Å². The lowest BCUT2D eigenvalue weighted by atomic mass is 9.81. The van der Waals surface area contributed by atoms with Crippen molar-refractivity contribution < 1.29 is 4.42 Å². The van der Waals surface area contributed by atoms with Crippen molar-refractivity contribution in [2.24, 2.45) is 0 Å². The monoisotopic (exact) mass is 743 g/mol. The summed E-state index contributed by atoms with van der Waals surface area (Å²) in [5, 5.41) is 2.16. The van der Waals surface area contributed by atoms with Gasteiger partial charge in [0.15, 0.2) is 17.5 Å². The van der Waals surface area contributed by atoms with E-state index in [4.69, 9.17) is 19.4 Å². The van der Waals surface area contributed by atoms with Gasteiger partial charge < -0.3 is 4.42 Å². The maximum atomic E-state index is 6.49. The summed E-state index contributed by atoms with van der Waals surface area (Å²) >= 11 is 0. The summed E-state index contributed by atoms with van der Waals surface area (Å²) in [7, 11) is 0. The van der Waals surface area contributed by atoms with Crippen molar-refractivity contribution in [2.75, 3.05) is 0 Å². The molecule has 0 atom stereocenters. The van der Waals surface area contributed by atoms with E-state index in [1.165, 1.54) is 33.4 Å². The van der Waals surface area contributed by atoms with Crippen LogP contribution in [0.5, 0.6) is 0 Å². The molecule has 1 aliphatic rings. The number of aromatic nitrogens is 3. The van der Waals surface area contributed by atoms with Crippen LogP contribution in [0.25, 0.3) is 101 Å². The lowest BCUT2D eigenvalue weighted by molar-refractivity contribution is 0.660. The van der Waals surface area contributed by atoms with Crippen LogP contribution < -0.4 is 0 Å². The second kappa shape index (κ2) is 13.4. The van der Waals surface area contributed by atoms with Gasteiger partial charge in [0.2, 0.25) is 0 Å². The van der Waals surface area contributed by atoms with Gasteiger partial charge in [-0.15, -0.1) is 0 Å². The maximum Gasteiger partial charge on any atom is 0.164 e. The first-order chi connectivity index (χ1) is 28.5. The Labute approximate surface area is 337 Å². The molecule has 58 heavy (non-hydrogen) atoms. The third-order valence-corrected chi connectivity index (χ3v) is 11.7. The molecule has 0 N–H and O–H groups in total. The van der Waals surface area contributed by atoms with E-state index in [1.54, 1.807) is 0 Å². The average Bonchev–Trinajstić information content (AvgIpc) is 3.78. The topological polar surface area (TPSA) is 51.8 Å². The van der Waals surface area contributed by atoms with Gasteiger partial charge in [-0.1, -0.05) is 166 Å². The van der Waals surface area contributed by atoms with Gasteiger partial charge in [-0.2, -0.15) is 0 Å². The van der Waals surface area contributed by atoms with Crippen molar-refractivity contribution in [3.63, 3.8) is 0 Å². The minimum absolute atomic E-state index is 0.0560. The van der Waals surface area contributed by atoms with E-state index in [-0.39, 0.29) is 5.41 Å². The van der Waals surface area contributed by atoms with Gasteiger partial charge in [0.1, 0.15) is 11.2 Å². The Kier molecular flexibility index (Phi) is 7.80. The number of fused-ring (bicyclic) bond motifs is 6. The van der Waals surface area contributed by atoms with Crippen molar-refractivity contribution in [3.05, 3.63) is 199 Å². The van der Waals surface area contributed by atoms with E-state index < -0.39 is 0 Å². The lowest BCUT2D eigenvalue weighted by Crippen LogP contribution is -2.14. The van der Waals surface area contributed by atoms with Gasteiger partial charge >= 0.3 is 0 Å². The molecular weight excluding hydrogens is 707 g/mol. The number of rotatable bonds is 6. The number of nitrogens with zero attached hydrogens (tertiary/aromatic N) is 3. The van der Waals surface area contributed by atoms with Gasteiger partial charge in [0.05, 0.1) is 0 Å². The standard InChI is InChI=1S/C54H37N3O/c1-54(2)46-24-10-9-22-43(46)44-28-26-39(32-47(44)54)37-19-11-18-36(30-37)38-20-12-21-40(31-38)52-55-51(35-16-7-4-8-17-35)56-53(57-52)41-27-29-45-49(33-41)58-48-25-13-23-42(50(45)48)34-14-5-3-6-15-34/h3-33H,1-2H3. The third kappa shape index (κ3) is 5.64. The number of furan rings is 1. The summed E-state index contributed by atoms with van der Waals surface area (Å²) in [4.78, 5) is 15.2. The molecule has 2 aromatic heterocycles. The van der Waals surface area contributed by atoms with E-state index in [1.807, 2.05) is 42.5 Å². The van der Waals surface area contributed by atoms with Crippen molar-refractivity contribution in [1.82, 2.24) is 15.0 Å². The summed E-state index contributed by atoms with van der Waals surface area (Å²) < 4.78 is 6.49. The van der Waals surface area contributed by atoms with Crippen LogP contribution in [-0.2, 0) is 5.41 Å². The quantitative estimate of drug-likeness (QED) is 0.170. The molecular formula is C54H37N3O. The fourth-order valence-electron chi connectivity index (χ4n) is 8.77. The van der Waals surface area contributed by atoms with Crippen LogP contribution in [0, 0.1) is 0 Å². The Hall–Kier alpha value is -7.43. The first-order valence-corrected chi connectivity index (χ1v) is 19.8. The zero-order valence-electron chi connectivity index (χ0n) is 32.1. The molecule has 11 rings (SSSR count). The summed E-state index contributed by atoms with van der Waals surface area (Å²) in [5.74, 6) is 1.81. The largest absolute Gasteiger partial charge is 0.456 e. The van der Waals surface area contributed by atoms with Crippen LogP contribution in [0.4, 0.5) is 0 Å².